The van der Waals surface area contributed by atoms with Gasteiger partial charge in [0, 0.05) is 17.8 Å². The minimum Gasteiger partial charge on any atom is -0.495 e. The Morgan fingerprint density at radius 3 is 3.00 bits per heavy atom. The van der Waals surface area contributed by atoms with Gasteiger partial charge in [-0.1, -0.05) is 6.07 Å². The molecule has 1 atom stereocenters. The van der Waals surface area contributed by atoms with E-state index in [1.807, 2.05) is 18.2 Å². The molecule has 0 spiro atoms. The predicted molar refractivity (Wildman–Crippen MR) is 79.5 cm³/mol. The zero-order valence-electron chi connectivity index (χ0n) is 11.5. The number of nitrogens with one attached hydrogen (secondary N) is 1. The average molecular weight is 276 g/mol. The van der Waals surface area contributed by atoms with Gasteiger partial charge in [0.1, 0.15) is 11.8 Å². The third-order valence-corrected chi connectivity index (χ3v) is 5.05. The molecule has 0 aromatic heterocycles. The van der Waals surface area contributed by atoms with Gasteiger partial charge in [0.2, 0.25) is 0 Å². The summed E-state index contributed by atoms with van der Waals surface area (Å²) < 4.78 is 5.53. The summed E-state index contributed by atoms with van der Waals surface area (Å²) >= 11 is 2.06. The van der Waals surface area contributed by atoms with Crippen LogP contribution in [0.15, 0.2) is 18.2 Å². The molecule has 2 rings (SSSR count). The molecule has 1 aromatic rings. The molecule has 1 heterocycles. The summed E-state index contributed by atoms with van der Waals surface area (Å²) in [6.45, 7) is 4.15. The van der Waals surface area contributed by atoms with E-state index in [1.165, 1.54) is 18.6 Å². The lowest BCUT2D eigenvalue weighted by Crippen LogP contribution is -2.32. The van der Waals surface area contributed by atoms with Crippen LogP contribution in [0.5, 0.6) is 5.75 Å². The van der Waals surface area contributed by atoms with Gasteiger partial charge in [-0.05, 0) is 43.2 Å². The highest BCUT2D eigenvalue weighted by Gasteiger charge is 2.28. The fourth-order valence-electron chi connectivity index (χ4n) is 2.40. The molecule has 0 radical (unpaired) electrons. The van der Waals surface area contributed by atoms with Crippen LogP contribution in [0.4, 0.5) is 0 Å². The normalized spacial score (nSPS) is 22.2. The maximum Gasteiger partial charge on any atom is 0.136 e. The van der Waals surface area contributed by atoms with Crippen LogP contribution in [0.25, 0.3) is 0 Å². The second kappa shape index (κ2) is 6.31. The van der Waals surface area contributed by atoms with Gasteiger partial charge < -0.3 is 10.1 Å². The number of nitrogens with zero attached hydrogens (tertiary/aromatic N) is 1. The number of thioether (sulfide) groups is 1. The summed E-state index contributed by atoms with van der Waals surface area (Å²) in [4.78, 5) is 0. The van der Waals surface area contributed by atoms with Gasteiger partial charge in [0.15, 0.2) is 0 Å². The standard InChI is InChI=1S/C15H20N2OS/c1-15(6-3-7-19-15)11-17-10-12-4-5-14(18-2)13(8-12)9-16/h4-5,8,17H,3,6-7,10-11H2,1-2H3. The number of rotatable bonds is 5. The molecule has 1 aromatic carbocycles. The molecule has 0 amide bonds. The Morgan fingerprint density at radius 2 is 2.37 bits per heavy atom. The Bertz CT molecular complexity index is 476. The minimum atomic E-state index is 0.379. The molecule has 4 heteroatoms. The van der Waals surface area contributed by atoms with Crippen molar-refractivity contribution < 1.29 is 4.74 Å². The van der Waals surface area contributed by atoms with Crippen LogP contribution < -0.4 is 10.1 Å². The van der Waals surface area contributed by atoms with Gasteiger partial charge in [-0.15, -0.1) is 0 Å². The fraction of sp³-hybridized carbons (Fsp3) is 0.533. The molecule has 102 valence electrons. The molecule has 1 saturated heterocycles. The minimum absolute atomic E-state index is 0.379. The quantitative estimate of drug-likeness (QED) is 0.898. The molecule has 3 nitrogen and oxygen atoms in total. The Morgan fingerprint density at radius 1 is 1.53 bits per heavy atom. The van der Waals surface area contributed by atoms with Gasteiger partial charge in [-0.3, -0.25) is 0 Å². The van der Waals surface area contributed by atoms with Crippen molar-refractivity contribution in [1.82, 2.24) is 5.32 Å². The summed E-state index contributed by atoms with van der Waals surface area (Å²) in [6, 6.07) is 7.94. The smallest absolute Gasteiger partial charge is 0.136 e. The van der Waals surface area contributed by atoms with Crippen LogP contribution in [-0.2, 0) is 6.54 Å². The van der Waals surface area contributed by atoms with Crippen LogP contribution in [0.3, 0.4) is 0 Å². The number of hydrogen-bond donors (Lipinski definition) is 1. The zero-order chi connectivity index (χ0) is 13.7. The van der Waals surface area contributed by atoms with E-state index in [2.05, 4.69) is 30.1 Å². The largest absolute Gasteiger partial charge is 0.495 e. The van der Waals surface area contributed by atoms with Crippen molar-refractivity contribution in [3.63, 3.8) is 0 Å². The SMILES string of the molecule is COc1ccc(CNCC2(C)CCCS2)cc1C#N. The van der Waals surface area contributed by atoms with Crippen molar-refractivity contribution in [3.8, 4) is 11.8 Å². The summed E-state index contributed by atoms with van der Waals surface area (Å²) in [6.07, 6.45) is 2.61. The first-order chi connectivity index (χ1) is 9.17. The van der Waals surface area contributed by atoms with Crippen molar-refractivity contribution in [2.75, 3.05) is 19.4 Å². The van der Waals surface area contributed by atoms with E-state index < -0.39 is 0 Å². The number of methoxy groups -OCH3 is 1. The monoisotopic (exact) mass is 276 g/mol. The number of nitriles is 1. The molecule has 1 unspecified atom stereocenters. The van der Waals surface area contributed by atoms with Crippen LogP contribution >= 0.6 is 11.8 Å². The highest BCUT2D eigenvalue weighted by Crippen LogP contribution is 2.37. The Labute approximate surface area is 119 Å². The topological polar surface area (TPSA) is 45.0 Å². The van der Waals surface area contributed by atoms with Gasteiger partial charge in [0.25, 0.3) is 0 Å². The highest BCUT2D eigenvalue weighted by molar-refractivity contribution is 8.00. The fourth-order valence-corrected chi connectivity index (χ4v) is 3.67. The molecule has 1 aliphatic rings. The van der Waals surface area contributed by atoms with Gasteiger partial charge in [-0.2, -0.15) is 17.0 Å². The Kier molecular flexibility index (Phi) is 4.73. The van der Waals surface area contributed by atoms with Crippen molar-refractivity contribution in [2.45, 2.75) is 31.1 Å². The second-order valence-corrected chi connectivity index (χ2v) is 6.83. The summed E-state index contributed by atoms with van der Waals surface area (Å²) in [5.74, 6) is 1.92. The molecular weight excluding hydrogens is 256 g/mol. The van der Waals surface area contributed by atoms with E-state index in [0.29, 0.717) is 16.1 Å². The Balaban J connectivity index is 1.91. The highest BCUT2D eigenvalue weighted by atomic mass is 32.2. The number of ether oxygens (including phenoxy) is 1. The van der Waals surface area contributed by atoms with E-state index in [-0.39, 0.29) is 0 Å². The van der Waals surface area contributed by atoms with Crippen molar-refractivity contribution in [3.05, 3.63) is 29.3 Å². The predicted octanol–water partition coefficient (Wildman–Crippen LogP) is 2.94. The first-order valence-corrected chi connectivity index (χ1v) is 7.57. The summed E-state index contributed by atoms with van der Waals surface area (Å²) in [7, 11) is 1.59. The molecule has 1 N–H and O–H groups in total. The van der Waals surface area contributed by atoms with E-state index in [1.54, 1.807) is 7.11 Å². The van der Waals surface area contributed by atoms with Gasteiger partial charge in [0.05, 0.1) is 12.7 Å². The lowest BCUT2D eigenvalue weighted by molar-refractivity contribution is 0.413. The molecule has 0 saturated carbocycles. The number of hydrogen-bond acceptors (Lipinski definition) is 4. The first kappa shape index (κ1) is 14.2. The molecule has 0 bridgehead atoms. The van der Waals surface area contributed by atoms with E-state index >= 15 is 0 Å². The second-order valence-electron chi connectivity index (χ2n) is 5.15. The molecule has 19 heavy (non-hydrogen) atoms. The summed E-state index contributed by atoms with van der Waals surface area (Å²) in [5, 5.41) is 12.6. The lowest BCUT2D eigenvalue weighted by Gasteiger charge is -2.23. The summed E-state index contributed by atoms with van der Waals surface area (Å²) in [5.41, 5.74) is 1.73. The van der Waals surface area contributed by atoms with Crippen molar-refractivity contribution in [2.24, 2.45) is 0 Å². The third kappa shape index (κ3) is 3.65. The lowest BCUT2D eigenvalue weighted by atomic mass is 10.1. The van der Waals surface area contributed by atoms with Crippen LogP contribution in [0, 0.1) is 11.3 Å². The first-order valence-electron chi connectivity index (χ1n) is 6.58. The third-order valence-electron chi connectivity index (χ3n) is 3.51. The van der Waals surface area contributed by atoms with Crippen molar-refractivity contribution in [1.29, 1.82) is 5.26 Å². The average Bonchev–Trinajstić information content (AvgIpc) is 2.85. The van der Waals surface area contributed by atoms with E-state index in [4.69, 9.17) is 10.00 Å². The Hall–Kier alpha value is -1.18. The molecule has 0 aliphatic carbocycles. The van der Waals surface area contributed by atoms with Crippen LogP contribution in [0.2, 0.25) is 0 Å². The van der Waals surface area contributed by atoms with Gasteiger partial charge >= 0.3 is 0 Å². The maximum atomic E-state index is 9.06. The molecule has 1 fully saturated rings. The van der Waals surface area contributed by atoms with E-state index in [0.717, 1.165) is 18.7 Å². The molecule has 1 aliphatic heterocycles. The maximum absolute atomic E-state index is 9.06. The van der Waals surface area contributed by atoms with Crippen LogP contribution in [-0.4, -0.2) is 24.2 Å². The van der Waals surface area contributed by atoms with Crippen LogP contribution in [0.1, 0.15) is 30.9 Å². The zero-order valence-corrected chi connectivity index (χ0v) is 12.3. The van der Waals surface area contributed by atoms with Gasteiger partial charge in [-0.25, -0.2) is 0 Å². The molecular formula is C15H20N2OS. The van der Waals surface area contributed by atoms with Crippen molar-refractivity contribution >= 4 is 11.8 Å². The van der Waals surface area contributed by atoms with E-state index in [9.17, 15) is 0 Å². The number of benzene rings is 1.